The first-order valence-corrected chi connectivity index (χ1v) is 6.18. The lowest BCUT2D eigenvalue weighted by Gasteiger charge is -2.33. The van der Waals surface area contributed by atoms with Crippen LogP contribution >= 0.6 is 0 Å². The van der Waals surface area contributed by atoms with Crippen molar-refractivity contribution in [1.29, 1.82) is 0 Å². The third kappa shape index (κ3) is 4.96. The second kappa shape index (κ2) is 5.83. The van der Waals surface area contributed by atoms with Crippen molar-refractivity contribution < 1.29 is 5.11 Å². The Labute approximate surface area is 93.9 Å². The summed E-state index contributed by atoms with van der Waals surface area (Å²) in [4.78, 5) is 2.36. The van der Waals surface area contributed by atoms with E-state index in [9.17, 15) is 5.11 Å². The number of likely N-dealkylation sites (N-methyl/N-ethyl adjacent to an activating group) is 1. The third-order valence-corrected chi connectivity index (χ3v) is 3.18. The highest BCUT2D eigenvalue weighted by Crippen LogP contribution is 2.13. The fourth-order valence-electron chi connectivity index (χ4n) is 2.32. The number of rotatable bonds is 5. The van der Waals surface area contributed by atoms with Crippen LogP contribution in [0.25, 0.3) is 0 Å². The smallest absolute Gasteiger partial charge is 0.0743 e. The molecule has 1 fully saturated rings. The molecule has 0 aromatic carbocycles. The average Bonchev–Trinajstić information content (AvgIpc) is 2.15. The van der Waals surface area contributed by atoms with E-state index in [2.05, 4.69) is 24.2 Å². The van der Waals surface area contributed by atoms with Gasteiger partial charge in [0.05, 0.1) is 5.60 Å². The van der Waals surface area contributed by atoms with Gasteiger partial charge in [0.1, 0.15) is 0 Å². The van der Waals surface area contributed by atoms with Crippen molar-refractivity contribution in [2.75, 3.05) is 26.7 Å². The minimum absolute atomic E-state index is 0.537. The van der Waals surface area contributed by atoms with Crippen LogP contribution in [0.1, 0.15) is 39.5 Å². The van der Waals surface area contributed by atoms with Gasteiger partial charge in [0.15, 0.2) is 0 Å². The summed E-state index contributed by atoms with van der Waals surface area (Å²) in [5.74, 6) is 0. The van der Waals surface area contributed by atoms with Gasteiger partial charge in [-0.2, -0.15) is 0 Å². The summed E-state index contributed by atoms with van der Waals surface area (Å²) in [6, 6.07) is 0.562. The highest BCUT2D eigenvalue weighted by molar-refractivity contribution is 4.81. The van der Waals surface area contributed by atoms with Gasteiger partial charge in [-0.1, -0.05) is 13.3 Å². The molecule has 0 aromatic rings. The van der Waals surface area contributed by atoms with Crippen LogP contribution < -0.4 is 5.32 Å². The van der Waals surface area contributed by atoms with Gasteiger partial charge in [0.2, 0.25) is 0 Å². The van der Waals surface area contributed by atoms with Crippen molar-refractivity contribution in [1.82, 2.24) is 10.2 Å². The molecule has 1 heterocycles. The Morgan fingerprint density at radius 2 is 2.27 bits per heavy atom. The quantitative estimate of drug-likeness (QED) is 0.722. The summed E-state index contributed by atoms with van der Waals surface area (Å²) in [5.41, 5.74) is -0.537. The van der Waals surface area contributed by atoms with Gasteiger partial charge in [-0.15, -0.1) is 0 Å². The number of aliphatic hydroxyl groups is 1. The Morgan fingerprint density at radius 3 is 2.87 bits per heavy atom. The van der Waals surface area contributed by atoms with Crippen molar-refractivity contribution in [2.45, 2.75) is 51.2 Å². The maximum absolute atomic E-state index is 10.0. The Morgan fingerprint density at radius 1 is 1.53 bits per heavy atom. The van der Waals surface area contributed by atoms with E-state index < -0.39 is 5.60 Å². The molecule has 15 heavy (non-hydrogen) atoms. The molecule has 2 N–H and O–H groups in total. The lowest BCUT2D eigenvalue weighted by molar-refractivity contribution is 0.0439. The zero-order valence-electron chi connectivity index (χ0n) is 10.4. The number of piperidine rings is 1. The predicted molar refractivity (Wildman–Crippen MR) is 64.1 cm³/mol. The van der Waals surface area contributed by atoms with Gasteiger partial charge in [-0.3, -0.25) is 0 Å². The average molecular weight is 214 g/mol. The zero-order valence-corrected chi connectivity index (χ0v) is 10.4. The molecule has 3 heteroatoms. The van der Waals surface area contributed by atoms with Gasteiger partial charge >= 0.3 is 0 Å². The Bertz CT molecular complexity index is 182. The lowest BCUT2D eigenvalue weighted by Crippen LogP contribution is -2.49. The molecule has 0 amide bonds. The van der Waals surface area contributed by atoms with E-state index in [1.165, 1.54) is 19.4 Å². The molecule has 90 valence electrons. The van der Waals surface area contributed by atoms with Crippen LogP contribution in [-0.2, 0) is 0 Å². The van der Waals surface area contributed by atoms with Crippen LogP contribution in [0.3, 0.4) is 0 Å². The van der Waals surface area contributed by atoms with E-state index in [1.807, 2.05) is 6.92 Å². The van der Waals surface area contributed by atoms with E-state index >= 15 is 0 Å². The first-order valence-electron chi connectivity index (χ1n) is 6.18. The van der Waals surface area contributed by atoms with E-state index in [0.717, 1.165) is 25.9 Å². The second-order valence-electron chi connectivity index (χ2n) is 5.23. The van der Waals surface area contributed by atoms with E-state index in [0.29, 0.717) is 6.04 Å². The molecule has 0 spiro atoms. The molecular formula is C12H26N2O. The van der Waals surface area contributed by atoms with E-state index in [1.54, 1.807) is 0 Å². The minimum atomic E-state index is -0.537. The van der Waals surface area contributed by atoms with Crippen molar-refractivity contribution in [3.8, 4) is 0 Å². The lowest BCUT2D eigenvalue weighted by atomic mass is 9.99. The molecule has 0 aliphatic carbocycles. The molecule has 0 saturated carbocycles. The topological polar surface area (TPSA) is 35.5 Å². The Hall–Kier alpha value is -0.120. The Balaban J connectivity index is 2.23. The number of nitrogens with one attached hydrogen (secondary N) is 1. The molecule has 0 bridgehead atoms. The van der Waals surface area contributed by atoms with Crippen LogP contribution in [0.15, 0.2) is 0 Å². The first kappa shape index (κ1) is 12.9. The summed E-state index contributed by atoms with van der Waals surface area (Å²) in [5, 5.41) is 13.5. The largest absolute Gasteiger partial charge is 0.389 e. The fourth-order valence-corrected chi connectivity index (χ4v) is 2.32. The van der Waals surface area contributed by atoms with Gasteiger partial charge in [-0.25, -0.2) is 0 Å². The van der Waals surface area contributed by atoms with Crippen LogP contribution in [0, 0.1) is 0 Å². The molecule has 0 radical (unpaired) electrons. The summed E-state index contributed by atoms with van der Waals surface area (Å²) in [6.07, 6.45) is 4.43. The second-order valence-corrected chi connectivity index (χ2v) is 5.23. The normalized spacial score (nSPS) is 27.6. The van der Waals surface area contributed by atoms with Crippen LogP contribution in [0.5, 0.6) is 0 Å². The zero-order chi connectivity index (χ0) is 11.3. The number of likely N-dealkylation sites (tertiary alicyclic amines) is 1. The van der Waals surface area contributed by atoms with Gasteiger partial charge in [0.25, 0.3) is 0 Å². The molecular weight excluding hydrogens is 188 g/mol. The molecule has 1 aliphatic heterocycles. The van der Waals surface area contributed by atoms with Crippen molar-refractivity contribution in [3.05, 3.63) is 0 Å². The first-order chi connectivity index (χ1) is 7.03. The molecule has 2 unspecified atom stereocenters. The van der Waals surface area contributed by atoms with E-state index in [-0.39, 0.29) is 0 Å². The maximum atomic E-state index is 10.0. The monoisotopic (exact) mass is 214 g/mol. The number of hydrogen-bond donors (Lipinski definition) is 2. The summed E-state index contributed by atoms with van der Waals surface area (Å²) in [6.45, 7) is 7.09. The molecule has 1 saturated heterocycles. The molecule has 0 aromatic heterocycles. The Kier molecular flexibility index (Phi) is 5.03. The summed E-state index contributed by atoms with van der Waals surface area (Å²) in [7, 11) is 2.16. The molecule has 1 rings (SSSR count). The van der Waals surface area contributed by atoms with Gasteiger partial charge in [0, 0.05) is 19.1 Å². The predicted octanol–water partition coefficient (Wildman–Crippen LogP) is 1.22. The van der Waals surface area contributed by atoms with E-state index in [4.69, 9.17) is 0 Å². The van der Waals surface area contributed by atoms with Crippen molar-refractivity contribution in [3.63, 3.8) is 0 Å². The van der Waals surface area contributed by atoms with Gasteiger partial charge < -0.3 is 15.3 Å². The standard InChI is InChI=1S/C12H26N2O/c1-4-7-12(2,15)10-13-11-6-5-8-14(3)9-11/h11,13,15H,4-10H2,1-3H3. The SMILES string of the molecule is CCCC(C)(O)CNC1CCCN(C)C1. The fraction of sp³-hybridized carbons (Fsp3) is 1.00. The van der Waals surface area contributed by atoms with Crippen LogP contribution in [0.2, 0.25) is 0 Å². The third-order valence-electron chi connectivity index (χ3n) is 3.18. The summed E-state index contributed by atoms with van der Waals surface area (Å²) >= 11 is 0. The van der Waals surface area contributed by atoms with Gasteiger partial charge in [-0.05, 0) is 39.8 Å². The maximum Gasteiger partial charge on any atom is 0.0743 e. The number of nitrogens with zero attached hydrogens (tertiary/aromatic N) is 1. The van der Waals surface area contributed by atoms with Crippen LogP contribution in [0.4, 0.5) is 0 Å². The highest BCUT2D eigenvalue weighted by atomic mass is 16.3. The molecule has 2 atom stereocenters. The minimum Gasteiger partial charge on any atom is -0.389 e. The van der Waals surface area contributed by atoms with Crippen LogP contribution in [-0.4, -0.2) is 48.3 Å². The van der Waals surface area contributed by atoms with Crippen molar-refractivity contribution >= 4 is 0 Å². The summed E-state index contributed by atoms with van der Waals surface area (Å²) < 4.78 is 0. The molecule has 1 aliphatic rings. The number of hydrogen-bond acceptors (Lipinski definition) is 3. The highest BCUT2D eigenvalue weighted by Gasteiger charge is 2.22. The van der Waals surface area contributed by atoms with Crippen molar-refractivity contribution in [2.24, 2.45) is 0 Å². The molecule has 3 nitrogen and oxygen atoms in total.